The molecule has 0 N–H and O–H groups in total. The monoisotopic (exact) mass is 416 g/mol. The average molecular weight is 417 g/mol. The lowest BCUT2D eigenvalue weighted by molar-refractivity contribution is 0.591. The van der Waals surface area contributed by atoms with Crippen LogP contribution in [-0.2, 0) is 5.41 Å². The highest BCUT2D eigenvalue weighted by molar-refractivity contribution is 6.09. The Hall–Kier alpha value is -3.85. The van der Waals surface area contributed by atoms with Gasteiger partial charge in [-0.25, -0.2) is 4.98 Å². The number of nitrogens with zero attached hydrogens (tertiary/aromatic N) is 2. The van der Waals surface area contributed by atoms with Crippen LogP contribution >= 0.6 is 0 Å². The number of oxazole rings is 1. The molecule has 32 heavy (non-hydrogen) atoms. The lowest BCUT2D eigenvalue weighted by Crippen LogP contribution is -2.10. The summed E-state index contributed by atoms with van der Waals surface area (Å²) >= 11 is 0. The van der Waals surface area contributed by atoms with Crippen molar-refractivity contribution in [2.75, 3.05) is 0 Å². The number of benzene rings is 4. The van der Waals surface area contributed by atoms with Crippen molar-refractivity contribution in [3.05, 3.63) is 96.6 Å². The Kier molecular flexibility index (Phi) is 4.03. The Balaban J connectivity index is 1.51. The zero-order valence-corrected chi connectivity index (χ0v) is 18.5. The Morgan fingerprint density at radius 2 is 1.44 bits per heavy atom. The van der Waals surface area contributed by atoms with Crippen LogP contribution in [0.5, 0.6) is 0 Å². The summed E-state index contributed by atoms with van der Waals surface area (Å²) in [6.45, 7) is 6.79. The van der Waals surface area contributed by atoms with E-state index in [1.54, 1.807) is 0 Å². The van der Waals surface area contributed by atoms with Crippen LogP contribution in [0.25, 0.3) is 50.0 Å². The maximum atomic E-state index is 5.95. The van der Waals surface area contributed by atoms with E-state index >= 15 is 0 Å². The first-order chi connectivity index (χ1) is 15.5. The van der Waals surface area contributed by atoms with Gasteiger partial charge in [-0.3, -0.25) is 0 Å². The van der Waals surface area contributed by atoms with Crippen molar-refractivity contribution in [3.8, 4) is 17.1 Å². The predicted octanol–water partition coefficient (Wildman–Crippen LogP) is 7.89. The van der Waals surface area contributed by atoms with Crippen molar-refractivity contribution in [1.29, 1.82) is 0 Å². The van der Waals surface area contributed by atoms with E-state index in [2.05, 4.69) is 97.1 Å². The minimum atomic E-state index is 0.110. The third-order valence-electron chi connectivity index (χ3n) is 6.20. The van der Waals surface area contributed by atoms with Gasteiger partial charge in [0.05, 0.1) is 11.0 Å². The number of rotatable bonds is 2. The first-order valence-corrected chi connectivity index (χ1v) is 11.0. The fourth-order valence-corrected chi connectivity index (χ4v) is 4.47. The van der Waals surface area contributed by atoms with Crippen LogP contribution in [0.2, 0.25) is 0 Å². The molecule has 6 aromatic rings. The van der Waals surface area contributed by atoms with Crippen LogP contribution in [0.4, 0.5) is 0 Å². The Bertz CT molecular complexity index is 1560. The summed E-state index contributed by atoms with van der Waals surface area (Å²) in [6.07, 6.45) is 0. The summed E-state index contributed by atoms with van der Waals surface area (Å²) in [7, 11) is 0. The summed E-state index contributed by atoms with van der Waals surface area (Å²) in [5, 5.41) is 2.56. The Morgan fingerprint density at radius 1 is 0.719 bits per heavy atom. The molecule has 2 aromatic heterocycles. The molecule has 3 nitrogen and oxygen atoms in total. The van der Waals surface area contributed by atoms with Gasteiger partial charge in [-0.05, 0) is 65.6 Å². The topological polar surface area (TPSA) is 31.0 Å². The fourth-order valence-electron chi connectivity index (χ4n) is 4.47. The maximum Gasteiger partial charge on any atom is 0.227 e. The van der Waals surface area contributed by atoms with Crippen molar-refractivity contribution < 1.29 is 4.42 Å². The van der Waals surface area contributed by atoms with Gasteiger partial charge in [-0.2, -0.15) is 0 Å². The van der Waals surface area contributed by atoms with E-state index in [0.717, 1.165) is 22.4 Å². The van der Waals surface area contributed by atoms with Gasteiger partial charge in [-0.15, -0.1) is 0 Å². The van der Waals surface area contributed by atoms with Crippen molar-refractivity contribution in [3.63, 3.8) is 0 Å². The van der Waals surface area contributed by atoms with Crippen LogP contribution in [0.3, 0.4) is 0 Å². The second-order valence-corrected chi connectivity index (χ2v) is 9.37. The van der Waals surface area contributed by atoms with Gasteiger partial charge in [0.1, 0.15) is 5.52 Å². The van der Waals surface area contributed by atoms with E-state index in [4.69, 9.17) is 4.42 Å². The summed E-state index contributed by atoms with van der Waals surface area (Å²) in [4.78, 5) is 4.63. The summed E-state index contributed by atoms with van der Waals surface area (Å²) in [6, 6.07) is 31.8. The van der Waals surface area contributed by atoms with Gasteiger partial charge in [-0.1, -0.05) is 57.2 Å². The molecule has 6 rings (SSSR count). The van der Waals surface area contributed by atoms with Crippen molar-refractivity contribution in [2.45, 2.75) is 26.2 Å². The molecule has 0 unspecified atom stereocenters. The van der Waals surface area contributed by atoms with Crippen molar-refractivity contribution >= 4 is 32.9 Å². The van der Waals surface area contributed by atoms with Gasteiger partial charge >= 0.3 is 0 Å². The molecule has 0 amide bonds. The molecular formula is C29H24N2O. The third kappa shape index (κ3) is 2.93. The second kappa shape index (κ2) is 6.83. The van der Waals surface area contributed by atoms with Crippen LogP contribution in [0, 0.1) is 0 Å². The van der Waals surface area contributed by atoms with Crippen LogP contribution in [0.15, 0.2) is 95.4 Å². The van der Waals surface area contributed by atoms with Gasteiger partial charge in [0.2, 0.25) is 5.89 Å². The molecule has 0 fully saturated rings. The Morgan fingerprint density at radius 3 is 2.22 bits per heavy atom. The maximum absolute atomic E-state index is 5.95. The summed E-state index contributed by atoms with van der Waals surface area (Å²) < 4.78 is 8.29. The average Bonchev–Trinajstić information content (AvgIpc) is 3.38. The largest absolute Gasteiger partial charge is 0.436 e. The molecule has 0 aliphatic heterocycles. The highest BCUT2D eigenvalue weighted by Crippen LogP contribution is 2.35. The minimum absolute atomic E-state index is 0.110. The molecule has 0 saturated carbocycles. The van der Waals surface area contributed by atoms with Gasteiger partial charge in [0.25, 0.3) is 0 Å². The smallest absolute Gasteiger partial charge is 0.227 e. The van der Waals surface area contributed by atoms with Gasteiger partial charge in [0, 0.05) is 22.0 Å². The minimum Gasteiger partial charge on any atom is -0.436 e. The zero-order valence-electron chi connectivity index (χ0n) is 18.5. The van der Waals surface area contributed by atoms with Gasteiger partial charge < -0.3 is 8.98 Å². The number of fused-ring (bicyclic) bond motifs is 4. The Labute approximate surface area is 186 Å². The van der Waals surface area contributed by atoms with Crippen molar-refractivity contribution in [1.82, 2.24) is 9.55 Å². The number of para-hydroxylation sites is 3. The molecular weight excluding hydrogens is 392 g/mol. The predicted molar refractivity (Wildman–Crippen MR) is 132 cm³/mol. The van der Waals surface area contributed by atoms with E-state index < -0.39 is 0 Å². The normalized spacial score (nSPS) is 12.2. The van der Waals surface area contributed by atoms with E-state index in [-0.39, 0.29) is 5.41 Å². The number of hydrogen-bond acceptors (Lipinski definition) is 2. The molecule has 0 saturated heterocycles. The van der Waals surface area contributed by atoms with Crippen LogP contribution in [-0.4, -0.2) is 9.55 Å². The van der Waals surface area contributed by atoms with E-state index in [1.807, 2.05) is 24.3 Å². The first kappa shape index (κ1) is 18.9. The quantitative estimate of drug-likeness (QED) is 0.287. The summed E-state index contributed by atoms with van der Waals surface area (Å²) in [5.41, 5.74) is 7.67. The lowest BCUT2D eigenvalue weighted by Gasteiger charge is -2.19. The standard InChI is InChI=1S/C29H24N2O/c1-29(2,3)20-14-17-26-23(18-20)22-8-4-6-10-25(22)31(26)21-15-12-19(13-16-21)28-30-24-9-5-7-11-27(24)32-28/h4-18H,1-3H3. The summed E-state index contributed by atoms with van der Waals surface area (Å²) in [5.74, 6) is 0.648. The molecule has 156 valence electrons. The molecule has 2 heterocycles. The zero-order chi connectivity index (χ0) is 21.9. The molecule has 0 atom stereocenters. The van der Waals surface area contributed by atoms with Gasteiger partial charge in [0.15, 0.2) is 5.58 Å². The molecule has 0 aliphatic rings. The number of hydrogen-bond donors (Lipinski definition) is 0. The van der Waals surface area contributed by atoms with Crippen LogP contribution < -0.4 is 0 Å². The third-order valence-corrected chi connectivity index (χ3v) is 6.20. The fraction of sp³-hybridized carbons (Fsp3) is 0.138. The highest BCUT2D eigenvalue weighted by Gasteiger charge is 2.18. The molecule has 0 bridgehead atoms. The van der Waals surface area contributed by atoms with E-state index in [0.29, 0.717) is 5.89 Å². The first-order valence-electron chi connectivity index (χ1n) is 11.0. The number of aromatic nitrogens is 2. The molecule has 0 aliphatic carbocycles. The molecule has 0 spiro atoms. The lowest BCUT2D eigenvalue weighted by atomic mass is 9.86. The van der Waals surface area contributed by atoms with E-state index in [1.165, 1.54) is 27.4 Å². The second-order valence-electron chi connectivity index (χ2n) is 9.37. The highest BCUT2D eigenvalue weighted by atomic mass is 16.3. The molecule has 0 radical (unpaired) electrons. The molecule has 4 aromatic carbocycles. The molecule has 3 heteroatoms. The SMILES string of the molecule is CC(C)(C)c1ccc2c(c1)c1ccccc1n2-c1ccc(-c2nc3ccccc3o2)cc1. The van der Waals surface area contributed by atoms with Crippen molar-refractivity contribution in [2.24, 2.45) is 0 Å². The van der Waals surface area contributed by atoms with Crippen LogP contribution in [0.1, 0.15) is 26.3 Å². The van der Waals surface area contributed by atoms with E-state index in [9.17, 15) is 0 Å².